The Bertz CT molecular complexity index is 616. The minimum Gasteiger partial charge on any atom is -0.497 e. The van der Waals surface area contributed by atoms with Gasteiger partial charge in [0.25, 0.3) is 0 Å². The SMILES string of the molecule is COc1ccc2nc(/C(C#N)=N/OS)sc2c1. The molecule has 1 aromatic heterocycles. The van der Waals surface area contributed by atoms with Crippen molar-refractivity contribution in [2.75, 3.05) is 7.11 Å². The van der Waals surface area contributed by atoms with Crippen LogP contribution >= 0.6 is 24.2 Å². The molecule has 17 heavy (non-hydrogen) atoms. The molecule has 0 bridgehead atoms. The average Bonchev–Trinajstić information content (AvgIpc) is 2.78. The second kappa shape index (κ2) is 5.03. The molecule has 0 N–H and O–H groups in total. The molecule has 0 atom stereocenters. The van der Waals surface area contributed by atoms with Crippen molar-refractivity contribution in [2.45, 2.75) is 0 Å². The summed E-state index contributed by atoms with van der Waals surface area (Å²) in [5.41, 5.74) is 0.882. The number of nitrogens with zero attached hydrogens (tertiary/aromatic N) is 3. The first-order valence-electron chi connectivity index (χ1n) is 4.52. The van der Waals surface area contributed by atoms with E-state index in [1.54, 1.807) is 7.11 Å². The lowest BCUT2D eigenvalue weighted by Gasteiger charge is -1.96. The molecule has 0 aliphatic carbocycles. The van der Waals surface area contributed by atoms with Gasteiger partial charge in [0.15, 0.2) is 5.01 Å². The van der Waals surface area contributed by atoms with Crippen molar-refractivity contribution in [3.8, 4) is 11.8 Å². The zero-order valence-corrected chi connectivity index (χ0v) is 10.5. The lowest BCUT2D eigenvalue weighted by atomic mass is 10.3. The summed E-state index contributed by atoms with van der Waals surface area (Å²) >= 11 is 4.82. The summed E-state index contributed by atoms with van der Waals surface area (Å²) in [6.45, 7) is 0. The molecule has 0 aliphatic rings. The molecule has 2 rings (SSSR count). The summed E-state index contributed by atoms with van der Waals surface area (Å²) in [7, 11) is 1.60. The first-order valence-corrected chi connectivity index (χ1v) is 5.70. The standard InChI is InChI=1S/C10H7N3O2S2/c1-14-6-2-3-7-9(4-6)17-10(12-7)8(5-11)13-15-16/h2-4,16H,1H3/b13-8+. The van der Waals surface area contributed by atoms with E-state index >= 15 is 0 Å². The van der Waals surface area contributed by atoms with Gasteiger partial charge >= 0.3 is 0 Å². The van der Waals surface area contributed by atoms with Crippen molar-refractivity contribution in [3.63, 3.8) is 0 Å². The molecule has 1 aromatic carbocycles. The van der Waals surface area contributed by atoms with Crippen LogP contribution in [0.4, 0.5) is 0 Å². The maximum atomic E-state index is 8.88. The third-order valence-electron chi connectivity index (χ3n) is 2.04. The molecule has 86 valence electrons. The van der Waals surface area contributed by atoms with Crippen LogP contribution in [0.25, 0.3) is 10.2 Å². The molecule has 0 fully saturated rings. The van der Waals surface area contributed by atoms with Crippen LogP contribution < -0.4 is 4.74 Å². The second-order valence-corrected chi connectivity index (χ2v) is 4.18. The lowest BCUT2D eigenvalue weighted by Crippen LogP contribution is -1.95. The van der Waals surface area contributed by atoms with E-state index in [1.165, 1.54) is 11.3 Å². The lowest BCUT2D eigenvalue weighted by molar-refractivity contribution is 0.415. The second-order valence-electron chi connectivity index (χ2n) is 2.99. The van der Waals surface area contributed by atoms with Crippen LogP contribution in [-0.4, -0.2) is 17.8 Å². The van der Waals surface area contributed by atoms with Gasteiger partial charge < -0.3 is 9.02 Å². The number of thiol groups is 1. The number of methoxy groups -OCH3 is 1. The topological polar surface area (TPSA) is 67.5 Å². The number of hydrogen-bond donors (Lipinski definition) is 1. The van der Waals surface area contributed by atoms with E-state index < -0.39 is 0 Å². The van der Waals surface area contributed by atoms with Gasteiger partial charge in [-0.05, 0) is 18.2 Å². The quantitative estimate of drug-likeness (QED) is 0.400. The Labute approximate surface area is 107 Å². The largest absolute Gasteiger partial charge is 0.497 e. The van der Waals surface area contributed by atoms with E-state index in [0.717, 1.165) is 16.0 Å². The number of rotatable bonds is 3. The molecular weight excluding hydrogens is 258 g/mol. The summed E-state index contributed by atoms with van der Waals surface area (Å²) < 4.78 is 10.3. The van der Waals surface area contributed by atoms with E-state index in [4.69, 9.17) is 10.00 Å². The van der Waals surface area contributed by atoms with Crippen LogP contribution in [0.1, 0.15) is 5.01 Å². The Balaban J connectivity index is 2.51. The Morgan fingerprint density at radius 2 is 2.41 bits per heavy atom. The predicted molar refractivity (Wildman–Crippen MR) is 68.4 cm³/mol. The molecule has 0 saturated heterocycles. The molecule has 0 unspecified atom stereocenters. The van der Waals surface area contributed by atoms with Crippen LogP contribution in [0.5, 0.6) is 5.75 Å². The number of oxime groups is 1. The minimum atomic E-state index is 0.0974. The molecule has 0 saturated carbocycles. The van der Waals surface area contributed by atoms with Gasteiger partial charge in [-0.1, -0.05) is 5.16 Å². The first kappa shape index (κ1) is 11.7. The number of benzene rings is 1. The van der Waals surface area contributed by atoms with E-state index in [-0.39, 0.29) is 5.71 Å². The van der Waals surface area contributed by atoms with Crippen LogP contribution in [0, 0.1) is 11.3 Å². The van der Waals surface area contributed by atoms with E-state index in [1.807, 2.05) is 24.3 Å². The fourth-order valence-electron chi connectivity index (χ4n) is 1.28. The monoisotopic (exact) mass is 265 g/mol. The summed E-state index contributed by atoms with van der Waals surface area (Å²) in [6, 6.07) is 7.39. The summed E-state index contributed by atoms with van der Waals surface area (Å²) in [6.07, 6.45) is 0. The Hall–Kier alpha value is -1.78. The molecule has 2 aromatic rings. The van der Waals surface area contributed by atoms with Gasteiger partial charge in [-0.2, -0.15) is 5.26 Å². The van der Waals surface area contributed by atoms with Crippen molar-refractivity contribution in [3.05, 3.63) is 23.2 Å². The number of nitriles is 1. The predicted octanol–water partition coefficient (Wildman–Crippen LogP) is 2.39. The van der Waals surface area contributed by atoms with E-state index in [9.17, 15) is 0 Å². The molecule has 0 spiro atoms. The average molecular weight is 265 g/mol. The Morgan fingerprint density at radius 1 is 1.59 bits per heavy atom. The molecule has 0 aliphatic heterocycles. The number of fused-ring (bicyclic) bond motifs is 1. The molecule has 1 heterocycles. The van der Waals surface area contributed by atoms with Crippen molar-refractivity contribution in [1.82, 2.24) is 4.98 Å². The van der Waals surface area contributed by atoms with Gasteiger partial charge in [-0.15, -0.1) is 11.3 Å². The molecule has 0 amide bonds. The highest BCUT2D eigenvalue weighted by atomic mass is 32.1. The van der Waals surface area contributed by atoms with Crippen LogP contribution in [-0.2, 0) is 4.28 Å². The molecule has 7 heteroatoms. The summed E-state index contributed by atoms with van der Waals surface area (Å²) in [5.74, 6) is 0.744. The first-order chi connectivity index (χ1) is 8.28. The fraction of sp³-hybridized carbons (Fsp3) is 0.100. The van der Waals surface area contributed by atoms with Crippen molar-refractivity contribution >= 4 is 40.2 Å². The van der Waals surface area contributed by atoms with Crippen molar-refractivity contribution < 1.29 is 9.02 Å². The highest BCUT2D eigenvalue weighted by molar-refractivity contribution is 7.75. The molecule has 5 nitrogen and oxygen atoms in total. The van der Waals surface area contributed by atoms with Crippen LogP contribution in [0.3, 0.4) is 0 Å². The Kier molecular flexibility index (Phi) is 3.46. The van der Waals surface area contributed by atoms with E-state index in [2.05, 4.69) is 27.3 Å². The van der Waals surface area contributed by atoms with Gasteiger partial charge in [-0.3, -0.25) is 0 Å². The maximum Gasteiger partial charge on any atom is 0.216 e. The minimum absolute atomic E-state index is 0.0974. The normalized spacial score (nSPS) is 11.2. The van der Waals surface area contributed by atoms with Gasteiger partial charge in [0, 0.05) is 0 Å². The molecular formula is C10H7N3O2S2. The van der Waals surface area contributed by atoms with Crippen molar-refractivity contribution in [1.29, 1.82) is 5.26 Å². The number of ether oxygens (including phenoxy) is 1. The zero-order chi connectivity index (χ0) is 12.3. The molecule has 0 radical (unpaired) electrons. The number of aromatic nitrogens is 1. The summed E-state index contributed by atoms with van der Waals surface area (Å²) in [5, 5.41) is 12.9. The van der Waals surface area contributed by atoms with Crippen molar-refractivity contribution in [2.24, 2.45) is 5.16 Å². The van der Waals surface area contributed by atoms with Gasteiger partial charge in [-0.25, -0.2) is 4.98 Å². The Morgan fingerprint density at radius 3 is 3.06 bits per heavy atom. The van der Waals surface area contributed by atoms with Crippen LogP contribution in [0.15, 0.2) is 23.4 Å². The maximum absolute atomic E-state index is 8.88. The van der Waals surface area contributed by atoms with Gasteiger partial charge in [0.2, 0.25) is 5.71 Å². The van der Waals surface area contributed by atoms with Gasteiger partial charge in [0.1, 0.15) is 11.8 Å². The third kappa shape index (κ3) is 2.33. The highest BCUT2D eigenvalue weighted by Gasteiger charge is 2.11. The van der Waals surface area contributed by atoms with Gasteiger partial charge in [0.05, 0.1) is 30.2 Å². The fourth-order valence-corrected chi connectivity index (χ4v) is 2.29. The number of thiazole rings is 1. The zero-order valence-electron chi connectivity index (χ0n) is 8.75. The third-order valence-corrected chi connectivity index (χ3v) is 3.14. The highest BCUT2D eigenvalue weighted by Crippen LogP contribution is 2.26. The summed E-state index contributed by atoms with van der Waals surface area (Å²) in [4.78, 5) is 4.27. The van der Waals surface area contributed by atoms with E-state index in [0.29, 0.717) is 5.01 Å². The smallest absolute Gasteiger partial charge is 0.216 e. The van der Waals surface area contributed by atoms with Crippen LogP contribution in [0.2, 0.25) is 0 Å². The number of hydrogen-bond acceptors (Lipinski definition) is 7.